The zero-order valence-corrected chi connectivity index (χ0v) is 14.3. The van der Waals surface area contributed by atoms with Crippen LogP contribution >= 0.6 is 44.1 Å². The van der Waals surface area contributed by atoms with E-state index in [-0.39, 0.29) is 16.8 Å². The number of amides is 1. The topological polar surface area (TPSA) is 70.6 Å². The Labute approximate surface area is 137 Å². The standard InChI is InChI=1S/C12H10Br2N2O3S/c1-2-19-7-4-5(8(13)9(14)10(7)17)3-6-11(18)16-12(20)15-6/h3-4,17H,2H2,1H3,(H2,15,16,18,20). The Morgan fingerprint density at radius 1 is 1.40 bits per heavy atom. The Bertz CT molecular complexity index is 632. The molecule has 1 aliphatic heterocycles. The van der Waals surface area contributed by atoms with Gasteiger partial charge in [-0.25, -0.2) is 0 Å². The largest absolute Gasteiger partial charge is 0.503 e. The van der Waals surface area contributed by atoms with Gasteiger partial charge in [-0.15, -0.1) is 0 Å². The van der Waals surface area contributed by atoms with Gasteiger partial charge in [-0.3, -0.25) is 10.1 Å². The quantitative estimate of drug-likeness (QED) is 0.517. The van der Waals surface area contributed by atoms with Crippen LogP contribution in [0.25, 0.3) is 6.08 Å². The number of hydrogen-bond donors (Lipinski definition) is 3. The van der Waals surface area contributed by atoms with Crippen molar-refractivity contribution in [2.75, 3.05) is 6.61 Å². The van der Waals surface area contributed by atoms with Crippen LogP contribution < -0.4 is 15.4 Å². The number of phenols is 1. The first kappa shape index (κ1) is 15.3. The molecule has 0 saturated carbocycles. The van der Waals surface area contributed by atoms with E-state index in [0.717, 1.165) is 0 Å². The second kappa shape index (κ2) is 6.11. The molecule has 0 atom stereocenters. The molecule has 0 aliphatic carbocycles. The highest BCUT2D eigenvalue weighted by Crippen LogP contribution is 2.42. The van der Waals surface area contributed by atoms with Gasteiger partial charge in [0.25, 0.3) is 5.91 Å². The minimum absolute atomic E-state index is 0.000212. The van der Waals surface area contributed by atoms with Gasteiger partial charge in [0.1, 0.15) is 5.70 Å². The molecule has 106 valence electrons. The molecular formula is C12H10Br2N2O3S. The molecule has 1 fully saturated rings. The predicted molar refractivity (Wildman–Crippen MR) is 86.5 cm³/mol. The van der Waals surface area contributed by atoms with E-state index in [4.69, 9.17) is 17.0 Å². The highest BCUT2D eigenvalue weighted by atomic mass is 79.9. The monoisotopic (exact) mass is 420 g/mol. The number of aromatic hydroxyl groups is 1. The number of rotatable bonds is 3. The van der Waals surface area contributed by atoms with E-state index in [0.29, 0.717) is 32.6 Å². The highest BCUT2D eigenvalue weighted by Gasteiger charge is 2.21. The lowest BCUT2D eigenvalue weighted by Crippen LogP contribution is -2.21. The molecule has 1 aromatic rings. The van der Waals surface area contributed by atoms with Gasteiger partial charge in [0.2, 0.25) is 0 Å². The number of benzene rings is 1. The number of ether oxygens (including phenoxy) is 1. The second-order valence-corrected chi connectivity index (χ2v) is 5.83. The van der Waals surface area contributed by atoms with Gasteiger partial charge < -0.3 is 15.2 Å². The highest BCUT2D eigenvalue weighted by molar-refractivity contribution is 9.13. The van der Waals surface area contributed by atoms with Crippen LogP contribution in [0.3, 0.4) is 0 Å². The minimum atomic E-state index is -0.302. The number of nitrogens with one attached hydrogen (secondary N) is 2. The summed E-state index contributed by atoms with van der Waals surface area (Å²) in [6, 6.07) is 1.64. The average molecular weight is 422 g/mol. The summed E-state index contributed by atoms with van der Waals surface area (Å²) in [6.07, 6.45) is 1.62. The Kier molecular flexibility index (Phi) is 4.66. The number of hydrogen-bond acceptors (Lipinski definition) is 4. The van der Waals surface area contributed by atoms with Gasteiger partial charge in [-0.1, -0.05) is 0 Å². The van der Waals surface area contributed by atoms with E-state index in [9.17, 15) is 9.90 Å². The molecule has 0 bridgehead atoms. The summed E-state index contributed by atoms with van der Waals surface area (Å²) in [5.41, 5.74) is 0.996. The normalized spacial score (nSPS) is 16.2. The van der Waals surface area contributed by atoms with Crippen LogP contribution in [0.15, 0.2) is 20.7 Å². The third-order valence-corrected chi connectivity index (χ3v) is 4.86. The van der Waals surface area contributed by atoms with Crippen molar-refractivity contribution in [2.45, 2.75) is 6.92 Å². The molecule has 0 aromatic heterocycles. The van der Waals surface area contributed by atoms with Gasteiger partial charge in [-0.2, -0.15) is 0 Å². The summed E-state index contributed by atoms with van der Waals surface area (Å²) in [6.45, 7) is 2.23. The van der Waals surface area contributed by atoms with Crippen molar-refractivity contribution in [3.63, 3.8) is 0 Å². The Hall–Kier alpha value is -1.12. The second-order valence-electron chi connectivity index (χ2n) is 3.84. The molecule has 5 nitrogen and oxygen atoms in total. The summed E-state index contributed by atoms with van der Waals surface area (Å²) in [5, 5.41) is 15.4. The summed E-state index contributed by atoms with van der Waals surface area (Å²) in [4.78, 5) is 11.6. The lowest BCUT2D eigenvalue weighted by Gasteiger charge is -2.11. The zero-order chi connectivity index (χ0) is 14.9. The average Bonchev–Trinajstić information content (AvgIpc) is 2.71. The van der Waals surface area contributed by atoms with Crippen molar-refractivity contribution < 1.29 is 14.6 Å². The molecular weight excluding hydrogens is 412 g/mol. The summed E-state index contributed by atoms with van der Waals surface area (Å²) < 4.78 is 6.41. The van der Waals surface area contributed by atoms with Gasteiger partial charge >= 0.3 is 0 Å². The first-order chi connectivity index (χ1) is 9.43. The molecule has 8 heteroatoms. The van der Waals surface area contributed by atoms with Crippen molar-refractivity contribution in [1.82, 2.24) is 10.6 Å². The molecule has 0 radical (unpaired) electrons. The first-order valence-corrected chi connectivity index (χ1v) is 7.61. The lowest BCUT2D eigenvalue weighted by molar-refractivity contribution is -0.115. The number of carbonyl (C=O) groups is 1. The van der Waals surface area contributed by atoms with Crippen LogP contribution in [0.2, 0.25) is 0 Å². The van der Waals surface area contributed by atoms with Gasteiger partial charge in [-0.05, 0) is 68.7 Å². The third kappa shape index (κ3) is 2.97. The van der Waals surface area contributed by atoms with E-state index in [2.05, 4.69) is 42.5 Å². The summed E-state index contributed by atoms with van der Waals surface area (Å²) in [7, 11) is 0. The lowest BCUT2D eigenvalue weighted by atomic mass is 10.1. The molecule has 1 aliphatic rings. The number of carbonyl (C=O) groups excluding carboxylic acids is 1. The van der Waals surface area contributed by atoms with Crippen LogP contribution in [0.4, 0.5) is 0 Å². The molecule has 1 saturated heterocycles. The van der Waals surface area contributed by atoms with Crippen molar-refractivity contribution in [1.29, 1.82) is 0 Å². The SMILES string of the molecule is CCOc1cc(C=C2NC(=S)NC2=O)c(Br)c(Br)c1O. The van der Waals surface area contributed by atoms with E-state index in [1.807, 2.05) is 6.92 Å². The van der Waals surface area contributed by atoms with Crippen LogP contribution in [0.5, 0.6) is 11.5 Å². The molecule has 1 amide bonds. The smallest absolute Gasteiger partial charge is 0.273 e. The summed E-state index contributed by atoms with van der Waals surface area (Å²) >= 11 is 11.5. The Morgan fingerprint density at radius 3 is 2.65 bits per heavy atom. The Balaban J connectivity index is 2.49. The van der Waals surface area contributed by atoms with E-state index in [1.165, 1.54) is 0 Å². The maximum atomic E-state index is 11.6. The van der Waals surface area contributed by atoms with Gasteiger partial charge in [0.15, 0.2) is 16.6 Å². The molecule has 20 heavy (non-hydrogen) atoms. The minimum Gasteiger partial charge on any atom is -0.503 e. The molecule has 3 N–H and O–H groups in total. The van der Waals surface area contributed by atoms with Crippen molar-refractivity contribution in [3.05, 3.63) is 26.3 Å². The fraction of sp³-hybridized carbons (Fsp3) is 0.167. The van der Waals surface area contributed by atoms with Crippen LogP contribution in [0, 0.1) is 0 Å². The molecule has 1 heterocycles. The molecule has 0 spiro atoms. The van der Waals surface area contributed by atoms with Crippen LogP contribution in [-0.2, 0) is 4.79 Å². The van der Waals surface area contributed by atoms with Gasteiger partial charge in [0.05, 0.1) is 11.1 Å². The van der Waals surface area contributed by atoms with E-state index >= 15 is 0 Å². The number of thiocarbonyl (C=S) groups is 1. The third-order valence-electron chi connectivity index (χ3n) is 2.49. The first-order valence-electron chi connectivity index (χ1n) is 5.61. The van der Waals surface area contributed by atoms with E-state index in [1.54, 1.807) is 12.1 Å². The van der Waals surface area contributed by atoms with Crippen molar-refractivity contribution >= 4 is 61.2 Å². The fourth-order valence-corrected chi connectivity index (χ4v) is 2.66. The van der Waals surface area contributed by atoms with Crippen molar-refractivity contribution in [3.8, 4) is 11.5 Å². The zero-order valence-electron chi connectivity index (χ0n) is 10.3. The van der Waals surface area contributed by atoms with Crippen molar-refractivity contribution in [2.24, 2.45) is 0 Å². The van der Waals surface area contributed by atoms with Crippen LogP contribution in [0.1, 0.15) is 12.5 Å². The number of phenolic OH excluding ortho intramolecular Hbond substituents is 1. The Morgan fingerprint density at radius 2 is 2.10 bits per heavy atom. The number of halogens is 2. The molecule has 0 unspecified atom stereocenters. The molecule has 1 aromatic carbocycles. The van der Waals surface area contributed by atoms with Gasteiger partial charge in [0, 0.05) is 4.47 Å². The van der Waals surface area contributed by atoms with Crippen LogP contribution in [-0.4, -0.2) is 22.7 Å². The summed E-state index contributed by atoms with van der Waals surface area (Å²) in [5.74, 6) is 0.0275. The van der Waals surface area contributed by atoms with E-state index < -0.39 is 0 Å². The predicted octanol–water partition coefficient (Wildman–Crippen LogP) is 2.66. The fourth-order valence-electron chi connectivity index (χ4n) is 1.62. The maximum absolute atomic E-state index is 11.6. The maximum Gasteiger partial charge on any atom is 0.273 e. The molecule has 2 rings (SSSR count).